The fraction of sp³-hybridized carbons (Fsp3) is 0.273. The minimum absolute atomic E-state index is 0.00320. The molecule has 27 heavy (non-hydrogen) atoms. The SMILES string of the molecule is C#CCN1C(=O)S/C(=C/c2cc(C)n(-c3ccc(C(C)C)cc3)c2C)C1=O. The molecule has 5 heteroatoms. The molecule has 2 amide bonds. The largest absolute Gasteiger partial charge is 0.318 e. The molecule has 1 aliphatic heterocycles. The summed E-state index contributed by atoms with van der Waals surface area (Å²) in [7, 11) is 0. The predicted molar refractivity (Wildman–Crippen MR) is 111 cm³/mol. The van der Waals surface area contributed by atoms with E-state index in [-0.39, 0.29) is 17.7 Å². The van der Waals surface area contributed by atoms with Gasteiger partial charge in [0.1, 0.15) is 0 Å². The van der Waals surface area contributed by atoms with Crippen LogP contribution in [0.3, 0.4) is 0 Å². The highest BCUT2D eigenvalue weighted by Crippen LogP contribution is 2.33. The zero-order chi connectivity index (χ0) is 19.7. The van der Waals surface area contributed by atoms with Crippen molar-refractivity contribution < 1.29 is 9.59 Å². The van der Waals surface area contributed by atoms with Gasteiger partial charge in [0.05, 0.1) is 11.4 Å². The van der Waals surface area contributed by atoms with Gasteiger partial charge in [-0.05, 0) is 66.9 Å². The van der Waals surface area contributed by atoms with Crippen molar-refractivity contribution in [3.8, 4) is 18.0 Å². The third-order valence-electron chi connectivity index (χ3n) is 4.70. The first-order valence-corrected chi connectivity index (χ1v) is 9.63. The first-order valence-electron chi connectivity index (χ1n) is 8.81. The molecule has 0 atom stereocenters. The number of benzene rings is 1. The molecular formula is C22H22N2O2S. The number of aromatic nitrogens is 1. The Morgan fingerprint density at radius 2 is 1.85 bits per heavy atom. The van der Waals surface area contributed by atoms with E-state index in [0.717, 1.165) is 39.3 Å². The van der Waals surface area contributed by atoms with Crippen LogP contribution in [0.15, 0.2) is 35.2 Å². The molecule has 2 aromatic rings. The second-order valence-corrected chi connectivity index (χ2v) is 7.87. The number of hydrogen-bond acceptors (Lipinski definition) is 3. The van der Waals surface area contributed by atoms with E-state index in [2.05, 4.69) is 48.6 Å². The van der Waals surface area contributed by atoms with Crippen LogP contribution in [0.5, 0.6) is 0 Å². The lowest BCUT2D eigenvalue weighted by molar-refractivity contribution is -0.122. The Morgan fingerprint density at radius 1 is 1.19 bits per heavy atom. The van der Waals surface area contributed by atoms with Gasteiger partial charge in [-0.1, -0.05) is 31.9 Å². The number of hydrogen-bond donors (Lipinski definition) is 0. The summed E-state index contributed by atoms with van der Waals surface area (Å²) in [6, 6.07) is 10.5. The van der Waals surface area contributed by atoms with Gasteiger partial charge in [0.15, 0.2) is 0 Å². The highest BCUT2D eigenvalue weighted by atomic mass is 32.2. The average Bonchev–Trinajstić information content (AvgIpc) is 3.05. The number of thioether (sulfide) groups is 1. The predicted octanol–water partition coefficient (Wildman–Crippen LogP) is 4.89. The summed E-state index contributed by atoms with van der Waals surface area (Å²) in [5.41, 5.74) is 5.39. The minimum Gasteiger partial charge on any atom is -0.318 e. The van der Waals surface area contributed by atoms with Gasteiger partial charge in [0.25, 0.3) is 11.1 Å². The number of aryl methyl sites for hydroxylation is 1. The van der Waals surface area contributed by atoms with Crippen LogP contribution in [0.4, 0.5) is 4.79 Å². The van der Waals surface area contributed by atoms with E-state index < -0.39 is 0 Å². The maximum atomic E-state index is 12.4. The van der Waals surface area contributed by atoms with Crippen molar-refractivity contribution in [1.82, 2.24) is 9.47 Å². The Balaban J connectivity index is 1.96. The summed E-state index contributed by atoms with van der Waals surface area (Å²) in [6.07, 6.45) is 7.02. The molecular weight excluding hydrogens is 356 g/mol. The summed E-state index contributed by atoms with van der Waals surface area (Å²) in [5, 5.41) is -0.317. The highest BCUT2D eigenvalue weighted by Gasteiger charge is 2.34. The van der Waals surface area contributed by atoms with E-state index in [1.165, 1.54) is 5.56 Å². The molecule has 0 N–H and O–H groups in total. The number of terminal acetylenes is 1. The van der Waals surface area contributed by atoms with Gasteiger partial charge in [0, 0.05) is 17.1 Å². The molecule has 138 valence electrons. The first-order chi connectivity index (χ1) is 12.8. The Morgan fingerprint density at radius 3 is 2.44 bits per heavy atom. The Labute approximate surface area is 164 Å². The van der Waals surface area contributed by atoms with Crippen molar-refractivity contribution in [2.75, 3.05) is 6.54 Å². The molecule has 0 bridgehead atoms. The summed E-state index contributed by atoms with van der Waals surface area (Å²) in [4.78, 5) is 25.9. The monoisotopic (exact) mass is 378 g/mol. The lowest BCUT2D eigenvalue weighted by Crippen LogP contribution is -2.28. The third-order valence-corrected chi connectivity index (χ3v) is 5.61. The van der Waals surface area contributed by atoms with Crippen LogP contribution in [-0.4, -0.2) is 27.2 Å². The van der Waals surface area contributed by atoms with Crippen LogP contribution >= 0.6 is 11.8 Å². The lowest BCUT2D eigenvalue weighted by atomic mass is 10.0. The molecule has 0 aliphatic carbocycles. The summed E-state index contributed by atoms with van der Waals surface area (Å²) < 4.78 is 2.15. The molecule has 2 heterocycles. The van der Waals surface area contributed by atoms with Gasteiger partial charge in [-0.25, -0.2) is 0 Å². The van der Waals surface area contributed by atoms with Crippen LogP contribution in [0.1, 0.15) is 42.3 Å². The number of carbonyl (C=O) groups is 2. The van der Waals surface area contributed by atoms with Gasteiger partial charge in [0.2, 0.25) is 0 Å². The van der Waals surface area contributed by atoms with E-state index in [1.54, 1.807) is 6.08 Å². The number of imide groups is 1. The molecule has 1 aliphatic rings. The van der Waals surface area contributed by atoms with Crippen molar-refractivity contribution in [1.29, 1.82) is 0 Å². The lowest BCUT2D eigenvalue weighted by Gasteiger charge is -2.12. The Hall–Kier alpha value is -2.71. The topological polar surface area (TPSA) is 42.3 Å². The second kappa shape index (κ2) is 7.50. The van der Waals surface area contributed by atoms with Crippen LogP contribution in [0.2, 0.25) is 0 Å². The average molecular weight is 378 g/mol. The summed E-state index contributed by atoms with van der Waals surface area (Å²) in [6.45, 7) is 8.40. The molecule has 3 rings (SSSR count). The maximum Gasteiger partial charge on any atom is 0.294 e. The van der Waals surface area contributed by atoms with Gasteiger partial charge in [-0.3, -0.25) is 14.5 Å². The quantitative estimate of drug-likeness (QED) is 0.562. The first kappa shape index (κ1) is 19.1. The molecule has 0 unspecified atom stereocenters. The fourth-order valence-corrected chi connectivity index (χ4v) is 4.04. The minimum atomic E-state index is -0.325. The number of carbonyl (C=O) groups excluding carboxylic acids is 2. The van der Waals surface area contributed by atoms with Crippen LogP contribution in [0, 0.1) is 26.2 Å². The van der Waals surface area contributed by atoms with Gasteiger partial charge >= 0.3 is 0 Å². The van der Waals surface area contributed by atoms with Crippen molar-refractivity contribution >= 4 is 29.0 Å². The summed E-state index contributed by atoms with van der Waals surface area (Å²) in [5.74, 6) is 2.51. The molecule has 1 aromatic heterocycles. The third kappa shape index (κ3) is 3.58. The fourth-order valence-electron chi connectivity index (χ4n) is 3.21. The summed E-state index contributed by atoms with van der Waals surface area (Å²) >= 11 is 0.935. The van der Waals surface area contributed by atoms with Gasteiger partial charge < -0.3 is 4.57 Å². The molecule has 0 saturated carbocycles. The van der Waals surface area contributed by atoms with E-state index in [9.17, 15) is 9.59 Å². The van der Waals surface area contributed by atoms with E-state index >= 15 is 0 Å². The van der Waals surface area contributed by atoms with Crippen molar-refractivity contribution in [2.45, 2.75) is 33.6 Å². The number of amides is 2. The molecule has 1 saturated heterocycles. The zero-order valence-corrected chi connectivity index (χ0v) is 16.8. The van der Waals surface area contributed by atoms with Crippen molar-refractivity contribution in [3.63, 3.8) is 0 Å². The normalized spacial score (nSPS) is 15.9. The second-order valence-electron chi connectivity index (χ2n) is 6.88. The van der Waals surface area contributed by atoms with E-state index in [1.807, 2.05) is 19.9 Å². The smallest absolute Gasteiger partial charge is 0.294 e. The van der Waals surface area contributed by atoms with Crippen molar-refractivity contribution in [2.24, 2.45) is 0 Å². The molecule has 0 radical (unpaired) electrons. The van der Waals surface area contributed by atoms with E-state index in [4.69, 9.17) is 6.42 Å². The van der Waals surface area contributed by atoms with Crippen LogP contribution in [-0.2, 0) is 4.79 Å². The molecule has 4 nitrogen and oxygen atoms in total. The Kier molecular flexibility index (Phi) is 5.29. The van der Waals surface area contributed by atoms with Crippen LogP contribution < -0.4 is 0 Å². The number of nitrogens with zero attached hydrogens (tertiary/aromatic N) is 2. The van der Waals surface area contributed by atoms with Gasteiger partial charge in [-0.15, -0.1) is 6.42 Å². The standard InChI is InChI=1S/C22H22N2O2S/c1-6-11-23-21(25)20(27-22(23)26)13-18-12-15(4)24(16(18)5)19-9-7-17(8-10-19)14(2)3/h1,7-10,12-14H,11H2,2-5H3/b20-13+. The zero-order valence-electron chi connectivity index (χ0n) is 15.9. The highest BCUT2D eigenvalue weighted by molar-refractivity contribution is 8.18. The van der Waals surface area contributed by atoms with Gasteiger partial charge in [-0.2, -0.15) is 0 Å². The molecule has 1 fully saturated rings. The Bertz CT molecular complexity index is 975. The van der Waals surface area contributed by atoms with E-state index in [0.29, 0.717) is 10.8 Å². The maximum absolute atomic E-state index is 12.4. The van der Waals surface area contributed by atoms with Crippen LogP contribution in [0.25, 0.3) is 11.8 Å². The van der Waals surface area contributed by atoms with Crippen molar-refractivity contribution in [3.05, 3.63) is 57.8 Å². The number of rotatable bonds is 4. The molecule has 0 spiro atoms. The molecule has 1 aromatic carbocycles.